The molecule has 0 radical (unpaired) electrons. The van der Waals surface area contributed by atoms with Crippen LogP contribution in [0.4, 0.5) is 19.1 Å². The number of alkyl halides is 3. The van der Waals surface area contributed by atoms with Crippen LogP contribution in [0.15, 0.2) is 12.4 Å². The molecule has 1 unspecified atom stereocenters. The van der Waals surface area contributed by atoms with E-state index in [9.17, 15) is 13.2 Å². The van der Waals surface area contributed by atoms with Crippen molar-refractivity contribution in [2.24, 2.45) is 5.92 Å². The number of halogens is 4. The highest BCUT2D eigenvalue weighted by molar-refractivity contribution is 6.30. The molecule has 0 bridgehead atoms. The van der Waals surface area contributed by atoms with Crippen LogP contribution in [0.1, 0.15) is 6.42 Å². The van der Waals surface area contributed by atoms with Gasteiger partial charge in [-0.25, -0.2) is 9.97 Å². The average molecular weight is 295 g/mol. The van der Waals surface area contributed by atoms with Gasteiger partial charge in [0.05, 0.1) is 24.0 Å². The number of aromatic nitrogens is 2. The first-order chi connectivity index (χ1) is 8.92. The largest absolute Gasteiger partial charge is 0.401 e. The molecule has 0 saturated carbocycles. The maximum Gasteiger partial charge on any atom is 0.401 e. The van der Waals surface area contributed by atoms with Gasteiger partial charge in [0.2, 0.25) is 5.95 Å². The molecule has 1 atom stereocenters. The van der Waals surface area contributed by atoms with Crippen molar-refractivity contribution in [3.63, 3.8) is 0 Å². The van der Waals surface area contributed by atoms with Gasteiger partial charge in [-0.2, -0.15) is 13.2 Å². The van der Waals surface area contributed by atoms with Gasteiger partial charge in [0.25, 0.3) is 0 Å². The summed E-state index contributed by atoms with van der Waals surface area (Å²) in [5.41, 5.74) is 0. The van der Waals surface area contributed by atoms with Crippen molar-refractivity contribution < 1.29 is 13.2 Å². The van der Waals surface area contributed by atoms with Crippen LogP contribution in [0.5, 0.6) is 0 Å². The van der Waals surface area contributed by atoms with E-state index in [1.807, 2.05) is 0 Å². The monoisotopic (exact) mass is 294 g/mol. The molecule has 1 aromatic rings. The Morgan fingerprint density at radius 2 is 2.05 bits per heavy atom. The average Bonchev–Trinajstić information content (AvgIpc) is 2.73. The molecule has 1 fully saturated rings. The third-order valence-electron chi connectivity index (χ3n) is 2.94. The highest BCUT2D eigenvalue weighted by atomic mass is 35.5. The molecule has 1 N–H and O–H groups in total. The van der Waals surface area contributed by atoms with Gasteiger partial charge in [0.15, 0.2) is 0 Å². The fourth-order valence-electron chi connectivity index (χ4n) is 2.12. The summed E-state index contributed by atoms with van der Waals surface area (Å²) >= 11 is 5.65. The second kappa shape index (κ2) is 5.92. The molecule has 0 aromatic carbocycles. The molecule has 0 amide bonds. The van der Waals surface area contributed by atoms with Crippen LogP contribution in [-0.2, 0) is 0 Å². The molecule has 8 heteroatoms. The van der Waals surface area contributed by atoms with E-state index in [-0.39, 0.29) is 5.92 Å². The molecule has 4 nitrogen and oxygen atoms in total. The minimum Gasteiger partial charge on any atom is -0.354 e. The summed E-state index contributed by atoms with van der Waals surface area (Å²) in [6.07, 6.45) is -0.429. The zero-order valence-corrected chi connectivity index (χ0v) is 10.9. The normalized spacial score (nSPS) is 20.7. The number of nitrogens with zero attached hydrogens (tertiary/aromatic N) is 3. The first kappa shape index (κ1) is 14.3. The number of hydrogen-bond acceptors (Lipinski definition) is 4. The maximum atomic E-state index is 12.2. The minimum absolute atomic E-state index is 0.182. The zero-order valence-electron chi connectivity index (χ0n) is 10.1. The summed E-state index contributed by atoms with van der Waals surface area (Å²) in [6, 6.07) is 0. The van der Waals surface area contributed by atoms with Crippen molar-refractivity contribution >= 4 is 17.5 Å². The molecule has 2 rings (SSSR count). The van der Waals surface area contributed by atoms with Crippen molar-refractivity contribution in [1.82, 2.24) is 14.9 Å². The van der Waals surface area contributed by atoms with Crippen molar-refractivity contribution in [2.45, 2.75) is 12.6 Å². The molecule has 2 heterocycles. The van der Waals surface area contributed by atoms with Crippen LogP contribution >= 0.6 is 11.6 Å². The quantitative estimate of drug-likeness (QED) is 0.926. The third-order valence-corrected chi connectivity index (χ3v) is 3.14. The topological polar surface area (TPSA) is 41.0 Å². The fourth-order valence-corrected chi connectivity index (χ4v) is 2.21. The molecule has 0 spiro atoms. The smallest absolute Gasteiger partial charge is 0.354 e. The predicted octanol–water partition coefficient (Wildman–Crippen LogP) is 2.43. The lowest BCUT2D eigenvalue weighted by molar-refractivity contribution is -0.143. The molecule has 0 aliphatic carbocycles. The van der Waals surface area contributed by atoms with E-state index in [1.165, 1.54) is 17.3 Å². The minimum atomic E-state index is -4.12. The number of anilines is 1. The van der Waals surface area contributed by atoms with E-state index in [2.05, 4.69) is 15.3 Å². The van der Waals surface area contributed by atoms with E-state index >= 15 is 0 Å². The lowest BCUT2D eigenvalue weighted by Crippen LogP contribution is -2.33. The molecular formula is C11H14ClF3N4. The van der Waals surface area contributed by atoms with E-state index in [4.69, 9.17) is 11.6 Å². The number of hydrogen-bond donors (Lipinski definition) is 1. The van der Waals surface area contributed by atoms with Gasteiger partial charge in [-0.3, -0.25) is 4.90 Å². The summed E-state index contributed by atoms with van der Waals surface area (Å²) < 4.78 is 36.7. The highest BCUT2D eigenvalue weighted by Crippen LogP contribution is 2.22. The third kappa shape index (κ3) is 4.83. The summed E-state index contributed by atoms with van der Waals surface area (Å²) in [5, 5.41) is 3.46. The predicted molar refractivity (Wildman–Crippen MR) is 66.1 cm³/mol. The van der Waals surface area contributed by atoms with Crippen LogP contribution in [0, 0.1) is 5.92 Å². The number of rotatable bonds is 4. The molecule has 1 aliphatic heterocycles. The van der Waals surface area contributed by atoms with E-state index in [1.54, 1.807) is 0 Å². The van der Waals surface area contributed by atoms with Crippen molar-refractivity contribution in [3.8, 4) is 0 Å². The van der Waals surface area contributed by atoms with Crippen LogP contribution in [0.2, 0.25) is 5.02 Å². The Hall–Kier alpha value is -1.08. The van der Waals surface area contributed by atoms with Gasteiger partial charge in [0.1, 0.15) is 0 Å². The summed E-state index contributed by atoms with van der Waals surface area (Å²) in [7, 11) is 0. The Bertz CT molecular complexity index is 409. The summed E-state index contributed by atoms with van der Waals surface area (Å²) in [6.45, 7) is 0.657. The second-order valence-corrected chi connectivity index (χ2v) is 5.05. The van der Waals surface area contributed by atoms with Gasteiger partial charge in [-0.15, -0.1) is 0 Å². The number of likely N-dealkylation sites (tertiary alicyclic amines) is 1. The highest BCUT2D eigenvalue weighted by Gasteiger charge is 2.34. The first-order valence-corrected chi connectivity index (χ1v) is 6.31. The first-order valence-electron chi connectivity index (χ1n) is 5.93. The van der Waals surface area contributed by atoms with Crippen LogP contribution in [0.3, 0.4) is 0 Å². The molecular weight excluding hydrogens is 281 g/mol. The summed E-state index contributed by atoms with van der Waals surface area (Å²) in [5.74, 6) is 0.625. The van der Waals surface area contributed by atoms with Crippen molar-refractivity contribution in [1.29, 1.82) is 0 Å². The second-order valence-electron chi connectivity index (χ2n) is 4.61. The van der Waals surface area contributed by atoms with Gasteiger partial charge < -0.3 is 5.32 Å². The fraction of sp³-hybridized carbons (Fsp3) is 0.636. The lowest BCUT2D eigenvalue weighted by atomic mass is 10.1. The van der Waals surface area contributed by atoms with Crippen LogP contribution in [-0.4, -0.2) is 47.2 Å². The standard InChI is InChI=1S/C11H14ClF3N4/c12-9-4-17-10(18-5-9)16-3-8-1-2-19(6-8)7-11(13,14)15/h4-5,8H,1-3,6-7H2,(H,16,17,18). The van der Waals surface area contributed by atoms with E-state index in [0.717, 1.165) is 6.42 Å². The van der Waals surface area contributed by atoms with Crippen molar-refractivity contribution in [3.05, 3.63) is 17.4 Å². The van der Waals surface area contributed by atoms with E-state index in [0.29, 0.717) is 30.6 Å². The Balaban J connectivity index is 1.75. The number of nitrogens with one attached hydrogen (secondary N) is 1. The lowest BCUT2D eigenvalue weighted by Gasteiger charge is -2.17. The molecule has 1 saturated heterocycles. The van der Waals surface area contributed by atoms with Gasteiger partial charge >= 0.3 is 6.18 Å². The Morgan fingerprint density at radius 1 is 1.37 bits per heavy atom. The van der Waals surface area contributed by atoms with Crippen LogP contribution < -0.4 is 5.32 Å². The molecule has 19 heavy (non-hydrogen) atoms. The van der Waals surface area contributed by atoms with Crippen LogP contribution in [0.25, 0.3) is 0 Å². The van der Waals surface area contributed by atoms with Gasteiger partial charge in [0, 0.05) is 13.1 Å². The SMILES string of the molecule is FC(F)(F)CN1CCC(CNc2ncc(Cl)cn2)C1. The Morgan fingerprint density at radius 3 is 2.68 bits per heavy atom. The van der Waals surface area contributed by atoms with Crippen molar-refractivity contribution in [2.75, 3.05) is 31.5 Å². The molecule has 1 aliphatic rings. The molecule has 1 aromatic heterocycles. The molecule has 106 valence electrons. The zero-order chi connectivity index (χ0) is 13.9. The summed E-state index contributed by atoms with van der Waals surface area (Å²) in [4.78, 5) is 9.37. The maximum absolute atomic E-state index is 12.2. The Labute approximate surface area is 114 Å². The van der Waals surface area contributed by atoms with Gasteiger partial charge in [-0.05, 0) is 18.9 Å². The Kier molecular flexibility index (Phi) is 4.46. The van der Waals surface area contributed by atoms with Gasteiger partial charge in [-0.1, -0.05) is 11.6 Å². The van der Waals surface area contributed by atoms with E-state index < -0.39 is 12.7 Å².